The number of nitrogens with one attached hydrogen (secondary N) is 1. The molecule has 0 bridgehead atoms. The van der Waals surface area contributed by atoms with Gasteiger partial charge in [0.15, 0.2) is 0 Å². The Morgan fingerprint density at radius 1 is 1.40 bits per heavy atom. The van der Waals surface area contributed by atoms with E-state index < -0.39 is 0 Å². The molecular weight excluding hydrogens is 252 g/mol. The summed E-state index contributed by atoms with van der Waals surface area (Å²) >= 11 is 0. The number of urea groups is 1. The van der Waals surface area contributed by atoms with E-state index in [-0.39, 0.29) is 18.2 Å². The van der Waals surface area contributed by atoms with E-state index in [2.05, 4.69) is 29.6 Å². The molecule has 0 aromatic heterocycles. The highest BCUT2D eigenvalue weighted by atomic mass is 16.5. The molecule has 4 heteroatoms. The Balaban J connectivity index is 1.80. The van der Waals surface area contributed by atoms with Gasteiger partial charge in [-0.25, -0.2) is 4.79 Å². The summed E-state index contributed by atoms with van der Waals surface area (Å²) in [5.74, 6) is 0. The second kappa shape index (κ2) is 7.29. The minimum atomic E-state index is 0.0213. The summed E-state index contributed by atoms with van der Waals surface area (Å²) in [6.45, 7) is 5.95. The van der Waals surface area contributed by atoms with E-state index in [1.165, 1.54) is 5.56 Å². The van der Waals surface area contributed by atoms with Gasteiger partial charge < -0.3 is 15.0 Å². The van der Waals surface area contributed by atoms with Crippen LogP contribution in [0.3, 0.4) is 0 Å². The van der Waals surface area contributed by atoms with Crippen LogP contribution in [0.4, 0.5) is 4.79 Å². The molecule has 1 saturated heterocycles. The number of carbonyl (C=O) groups excluding carboxylic acids is 1. The van der Waals surface area contributed by atoms with Crippen molar-refractivity contribution in [2.24, 2.45) is 0 Å². The Morgan fingerprint density at radius 2 is 2.15 bits per heavy atom. The minimum Gasteiger partial charge on any atom is -0.375 e. The Kier molecular flexibility index (Phi) is 5.41. The third-order valence-corrected chi connectivity index (χ3v) is 3.44. The molecule has 1 aliphatic heterocycles. The topological polar surface area (TPSA) is 41.6 Å². The van der Waals surface area contributed by atoms with E-state index in [1.54, 1.807) is 0 Å². The number of aryl methyl sites for hydroxylation is 1. The molecule has 1 fully saturated rings. The molecule has 1 aromatic carbocycles. The first-order valence-corrected chi connectivity index (χ1v) is 7.36. The zero-order chi connectivity index (χ0) is 14.4. The predicted molar refractivity (Wildman–Crippen MR) is 79.7 cm³/mol. The number of ether oxygens (including phenoxy) is 1. The van der Waals surface area contributed by atoms with E-state index in [9.17, 15) is 4.79 Å². The number of nitrogens with zero attached hydrogens (tertiary/aromatic N) is 1. The van der Waals surface area contributed by atoms with Crippen molar-refractivity contribution < 1.29 is 9.53 Å². The number of amides is 2. The standard InChI is InChI=1S/C16H24N2O2/c1-13(2)17-16(19)18-10-11-20-15(12-18)9-8-14-6-4-3-5-7-14/h3-7,13,15H,8-12H2,1-2H3,(H,17,19). The average molecular weight is 276 g/mol. The van der Waals surface area contributed by atoms with Crippen molar-refractivity contribution in [3.8, 4) is 0 Å². The third kappa shape index (κ3) is 4.53. The third-order valence-electron chi connectivity index (χ3n) is 3.44. The van der Waals surface area contributed by atoms with Crippen molar-refractivity contribution in [1.82, 2.24) is 10.2 Å². The molecule has 110 valence electrons. The molecule has 0 saturated carbocycles. The number of benzene rings is 1. The molecule has 0 radical (unpaired) electrons. The van der Waals surface area contributed by atoms with Gasteiger partial charge in [-0.3, -0.25) is 0 Å². The van der Waals surface area contributed by atoms with Gasteiger partial charge in [0.05, 0.1) is 12.7 Å². The van der Waals surface area contributed by atoms with E-state index in [1.807, 2.05) is 24.8 Å². The van der Waals surface area contributed by atoms with Crippen LogP contribution in [-0.4, -0.2) is 42.8 Å². The van der Waals surface area contributed by atoms with Crippen molar-refractivity contribution in [3.05, 3.63) is 35.9 Å². The van der Waals surface area contributed by atoms with Gasteiger partial charge in [-0.05, 0) is 32.3 Å². The molecule has 0 spiro atoms. The van der Waals surface area contributed by atoms with Crippen molar-refractivity contribution in [3.63, 3.8) is 0 Å². The summed E-state index contributed by atoms with van der Waals surface area (Å²) in [4.78, 5) is 13.8. The van der Waals surface area contributed by atoms with Gasteiger partial charge >= 0.3 is 6.03 Å². The minimum absolute atomic E-state index is 0.0213. The highest BCUT2D eigenvalue weighted by Crippen LogP contribution is 2.12. The number of hydrogen-bond acceptors (Lipinski definition) is 2. The first-order valence-electron chi connectivity index (χ1n) is 7.36. The average Bonchev–Trinajstić information content (AvgIpc) is 2.46. The molecule has 1 N–H and O–H groups in total. The molecule has 1 unspecified atom stereocenters. The van der Waals surface area contributed by atoms with Gasteiger partial charge in [0, 0.05) is 19.1 Å². The fraction of sp³-hybridized carbons (Fsp3) is 0.562. The summed E-state index contributed by atoms with van der Waals surface area (Å²) in [5, 5.41) is 2.94. The Bertz CT molecular complexity index is 420. The molecule has 2 amide bonds. The lowest BCUT2D eigenvalue weighted by molar-refractivity contribution is -0.0178. The smallest absolute Gasteiger partial charge is 0.317 e. The maximum atomic E-state index is 12.0. The summed E-state index contributed by atoms with van der Waals surface area (Å²) in [7, 11) is 0. The van der Waals surface area contributed by atoms with E-state index >= 15 is 0 Å². The van der Waals surface area contributed by atoms with E-state index in [4.69, 9.17) is 4.74 Å². The summed E-state index contributed by atoms with van der Waals surface area (Å²) in [5.41, 5.74) is 1.32. The van der Waals surface area contributed by atoms with Gasteiger partial charge in [0.2, 0.25) is 0 Å². The maximum Gasteiger partial charge on any atom is 0.317 e. The monoisotopic (exact) mass is 276 g/mol. The second-order valence-electron chi connectivity index (χ2n) is 5.57. The fourth-order valence-corrected chi connectivity index (χ4v) is 2.39. The lowest BCUT2D eigenvalue weighted by Gasteiger charge is -2.33. The largest absolute Gasteiger partial charge is 0.375 e. The molecule has 20 heavy (non-hydrogen) atoms. The van der Waals surface area contributed by atoms with Crippen molar-refractivity contribution in [2.45, 2.75) is 38.8 Å². The lowest BCUT2D eigenvalue weighted by atomic mass is 10.1. The predicted octanol–water partition coefficient (Wildman–Crippen LogP) is 2.44. The molecule has 0 aliphatic carbocycles. The van der Waals surface area contributed by atoms with Crippen LogP contribution in [0.25, 0.3) is 0 Å². The van der Waals surface area contributed by atoms with E-state index in [0.717, 1.165) is 12.8 Å². The first-order chi connectivity index (χ1) is 9.65. The van der Waals surface area contributed by atoms with Gasteiger partial charge in [-0.15, -0.1) is 0 Å². The molecule has 1 aliphatic rings. The number of morpholine rings is 1. The fourth-order valence-electron chi connectivity index (χ4n) is 2.39. The van der Waals surface area contributed by atoms with Crippen molar-refractivity contribution in [1.29, 1.82) is 0 Å². The Morgan fingerprint density at radius 3 is 2.85 bits per heavy atom. The normalized spacial score (nSPS) is 19.1. The number of carbonyl (C=O) groups is 1. The van der Waals surface area contributed by atoms with Gasteiger partial charge in [0.25, 0.3) is 0 Å². The summed E-state index contributed by atoms with van der Waals surface area (Å²) in [6, 6.07) is 10.6. The van der Waals surface area contributed by atoms with Crippen LogP contribution < -0.4 is 5.32 Å². The summed E-state index contributed by atoms with van der Waals surface area (Å²) in [6.07, 6.45) is 2.09. The highest BCUT2D eigenvalue weighted by Gasteiger charge is 2.24. The zero-order valence-electron chi connectivity index (χ0n) is 12.3. The number of hydrogen-bond donors (Lipinski definition) is 1. The second-order valence-corrected chi connectivity index (χ2v) is 5.57. The van der Waals surface area contributed by atoms with Crippen molar-refractivity contribution in [2.75, 3.05) is 19.7 Å². The van der Waals surface area contributed by atoms with Gasteiger partial charge in [0.1, 0.15) is 0 Å². The SMILES string of the molecule is CC(C)NC(=O)N1CCOC(CCc2ccccc2)C1. The zero-order valence-corrected chi connectivity index (χ0v) is 12.3. The molecule has 4 nitrogen and oxygen atoms in total. The van der Waals surface area contributed by atoms with Crippen LogP contribution in [0.15, 0.2) is 30.3 Å². The van der Waals surface area contributed by atoms with Crippen molar-refractivity contribution >= 4 is 6.03 Å². The maximum absolute atomic E-state index is 12.0. The van der Waals surface area contributed by atoms with Gasteiger partial charge in [-0.2, -0.15) is 0 Å². The molecule has 1 aromatic rings. The highest BCUT2D eigenvalue weighted by molar-refractivity contribution is 5.74. The van der Waals surface area contributed by atoms with Crippen LogP contribution in [0.2, 0.25) is 0 Å². The Hall–Kier alpha value is -1.55. The first kappa shape index (κ1) is 14.9. The van der Waals surface area contributed by atoms with Crippen LogP contribution in [0.5, 0.6) is 0 Å². The molecular formula is C16H24N2O2. The molecule has 2 rings (SSSR count). The van der Waals surface area contributed by atoms with Crippen LogP contribution in [0, 0.1) is 0 Å². The summed E-state index contributed by atoms with van der Waals surface area (Å²) < 4.78 is 5.76. The van der Waals surface area contributed by atoms with Crippen LogP contribution >= 0.6 is 0 Å². The van der Waals surface area contributed by atoms with Gasteiger partial charge in [-0.1, -0.05) is 30.3 Å². The molecule has 1 heterocycles. The lowest BCUT2D eigenvalue weighted by Crippen LogP contribution is -2.51. The Labute approximate surface area is 121 Å². The quantitative estimate of drug-likeness (QED) is 0.917. The van der Waals surface area contributed by atoms with Crippen LogP contribution in [0.1, 0.15) is 25.8 Å². The molecule has 1 atom stereocenters. The van der Waals surface area contributed by atoms with E-state index in [0.29, 0.717) is 19.7 Å². The van der Waals surface area contributed by atoms with Crippen LogP contribution in [-0.2, 0) is 11.2 Å². The number of rotatable bonds is 4.